The predicted octanol–water partition coefficient (Wildman–Crippen LogP) is 5.00. The van der Waals surface area contributed by atoms with Gasteiger partial charge in [-0.15, -0.1) is 0 Å². The SMILES string of the molecule is CCN1CC(C2NC(C)(C)Cc3c(Cl)cccc32)Cc2ccccc21. The molecular formula is C22H27ClN2. The van der Waals surface area contributed by atoms with Crippen LogP contribution < -0.4 is 10.2 Å². The molecule has 2 aliphatic rings. The van der Waals surface area contributed by atoms with E-state index in [2.05, 4.69) is 67.4 Å². The third-order valence-corrected chi connectivity index (χ3v) is 6.13. The van der Waals surface area contributed by atoms with Crippen LogP contribution in [0.25, 0.3) is 0 Å². The summed E-state index contributed by atoms with van der Waals surface area (Å²) in [6.07, 6.45) is 2.10. The predicted molar refractivity (Wildman–Crippen MR) is 107 cm³/mol. The van der Waals surface area contributed by atoms with E-state index in [4.69, 9.17) is 11.6 Å². The summed E-state index contributed by atoms with van der Waals surface area (Å²) >= 11 is 6.57. The highest BCUT2D eigenvalue weighted by atomic mass is 35.5. The Balaban J connectivity index is 1.74. The number of para-hydroxylation sites is 1. The van der Waals surface area contributed by atoms with E-state index in [-0.39, 0.29) is 5.54 Å². The molecule has 2 aromatic rings. The number of anilines is 1. The Kier molecular flexibility index (Phi) is 4.29. The summed E-state index contributed by atoms with van der Waals surface area (Å²) in [6, 6.07) is 15.6. The van der Waals surface area contributed by atoms with Gasteiger partial charge in [0.25, 0.3) is 0 Å². The van der Waals surface area contributed by atoms with Gasteiger partial charge in [-0.1, -0.05) is 41.9 Å². The van der Waals surface area contributed by atoms with E-state index < -0.39 is 0 Å². The van der Waals surface area contributed by atoms with E-state index in [1.807, 2.05) is 6.07 Å². The Bertz CT molecular complexity index is 783. The lowest BCUT2D eigenvalue weighted by molar-refractivity contribution is 0.242. The van der Waals surface area contributed by atoms with E-state index in [1.165, 1.54) is 22.4 Å². The van der Waals surface area contributed by atoms with Crippen LogP contribution >= 0.6 is 11.6 Å². The smallest absolute Gasteiger partial charge is 0.0442 e. The van der Waals surface area contributed by atoms with Crippen molar-refractivity contribution in [3.63, 3.8) is 0 Å². The largest absolute Gasteiger partial charge is 0.371 e. The lowest BCUT2D eigenvalue weighted by Gasteiger charge is -2.46. The van der Waals surface area contributed by atoms with Crippen molar-refractivity contribution in [1.82, 2.24) is 5.32 Å². The first kappa shape index (κ1) is 16.9. The van der Waals surface area contributed by atoms with Crippen molar-refractivity contribution >= 4 is 17.3 Å². The molecule has 3 heteroatoms. The van der Waals surface area contributed by atoms with E-state index in [9.17, 15) is 0 Å². The van der Waals surface area contributed by atoms with Crippen molar-refractivity contribution in [3.8, 4) is 0 Å². The third-order valence-electron chi connectivity index (χ3n) is 5.78. The fraction of sp³-hybridized carbons (Fsp3) is 0.455. The molecule has 2 aromatic carbocycles. The zero-order valence-electron chi connectivity index (χ0n) is 15.3. The number of benzene rings is 2. The minimum Gasteiger partial charge on any atom is -0.371 e. The number of nitrogens with one attached hydrogen (secondary N) is 1. The number of halogens is 1. The summed E-state index contributed by atoms with van der Waals surface area (Å²) < 4.78 is 0. The fourth-order valence-electron chi connectivity index (χ4n) is 4.66. The molecule has 2 atom stereocenters. The van der Waals surface area contributed by atoms with Crippen LogP contribution in [-0.2, 0) is 12.8 Å². The molecular weight excluding hydrogens is 328 g/mol. The van der Waals surface area contributed by atoms with Crippen molar-refractivity contribution in [2.24, 2.45) is 5.92 Å². The first-order chi connectivity index (χ1) is 12.0. The summed E-state index contributed by atoms with van der Waals surface area (Å²) in [5.41, 5.74) is 5.67. The highest BCUT2D eigenvalue weighted by Gasteiger charge is 2.38. The molecule has 4 rings (SSSR count). The second-order valence-electron chi connectivity index (χ2n) is 8.12. The van der Waals surface area contributed by atoms with Crippen LogP contribution in [0.15, 0.2) is 42.5 Å². The maximum atomic E-state index is 6.57. The molecule has 1 N–H and O–H groups in total. The second kappa shape index (κ2) is 6.34. The summed E-state index contributed by atoms with van der Waals surface area (Å²) in [7, 11) is 0. The Morgan fingerprint density at radius 2 is 1.96 bits per heavy atom. The number of fused-ring (bicyclic) bond motifs is 2. The van der Waals surface area contributed by atoms with Crippen molar-refractivity contribution in [3.05, 3.63) is 64.2 Å². The highest BCUT2D eigenvalue weighted by Crippen LogP contribution is 2.41. The van der Waals surface area contributed by atoms with Crippen LogP contribution in [0.3, 0.4) is 0 Å². The van der Waals surface area contributed by atoms with Gasteiger partial charge < -0.3 is 10.2 Å². The van der Waals surface area contributed by atoms with E-state index in [0.29, 0.717) is 12.0 Å². The van der Waals surface area contributed by atoms with Crippen LogP contribution in [0.1, 0.15) is 43.5 Å². The quantitative estimate of drug-likeness (QED) is 0.816. The summed E-state index contributed by atoms with van der Waals surface area (Å²) in [4.78, 5) is 2.52. The van der Waals surface area contributed by atoms with Gasteiger partial charge in [-0.3, -0.25) is 0 Å². The van der Waals surface area contributed by atoms with Crippen LogP contribution in [0, 0.1) is 5.92 Å². The van der Waals surface area contributed by atoms with Crippen molar-refractivity contribution < 1.29 is 0 Å². The molecule has 2 nitrogen and oxygen atoms in total. The molecule has 25 heavy (non-hydrogen) atoms. The van der Waals surface area contributed by atoms with Crippen LogP contribution in [0.5, 0.6) is 0 Å². The minimum atomic E-state index is 0.0661. The van der Waals surface area contributed by atoms with Crippen molar-refractivity contribution in [1.29, 1.82) is 0 Å². The lowest BCUT2D eigenvalue weighted by atomic mass is 9.76. The van der Waals surface area contributed by atoms with Gasteiger partial charge in [-0.05, 0) is 68.4 Å². The molecule has 132 valence electrons. The maximum absolute atomic E-state index is 6.57. The molecule has 0 saturated heterocycles. The summed E-state index contributed by atoms with van der Waals surface area (Å²) in [5, 5.41) is 4.85. The normalized spacial score (nSPS) is 24.6. The first-order valence-electron chi connectivity index (χ1n) is 9.36. The van der Waals surface area contributed by atoms with E-state index >= 15 is 0 Å². The molecule has 0 bridgehead atoms. The average molecular weight is 355 g/mol. The monoisotopic (exact) mass is 354 g/mol. The van der Waals surface area contributed by atoms with E-state index in [0.717, 1.165) is 31.0 Å². The topological polar surface area (TPSA) is 15.3 Å². The number of rotatable bonds is 2. The molecule has 0 amide bonds. The van der Waals surface area contributed by atoms with E-state index in [1.54, 1.807) is 0 Å². The fourth-order valence-corrected chi connectivity index (χ4v) is 4.91. The molecule has 2 unspecified atom stereocenters. The highest BCUT2D eigenvalue weighted by molar-refractivity contribution is 6.31. The molecule has 0 saturated carbocycles. The van der Waals surface area contributed by atoms with Gasteiger partial charge >= 0.3 is 0 Å². The minimum absolute atomic E-state index is 0.0661. The van der Waals surface area contributed by atoms with Crippen LogP contribution in [-0.4, -0.2) is 18.6 Å². The number of hydrogen-bond acceptors (Lipinski definition) is 2. The lowest BCUT2D eigenvalue weighted by Crippen LogP contribution is -2.52. The van der Waals surface area contributed by atoms with Gasteiger partial charge in [0, 0.05) is 35.4 Å². The van der Waals surface area contributed by atoms with Gasteiger partial charge in [-0.25, -0.2) is 0 Å². The average Bonchev–Trinajstić information content (AvgIpc) is 2.60. The molecule has 0 spiro atoms. The van der Waals surface area contributed by atoms with Gasteiger partial charge in [0.1, 0.15) is 0 Å². The Hall–Kier alpha value is -1.51. The van der Waals surface area contributed by atoms with Gasteiger partial charge in [-0.2, -0.15) is 0 Å². The Morgan fingerprint density at radius 1 is 1.16 bits per heavy atom. The first-order valence-corrected chi connectivity index (χ1v) is 9.74. The Labute approximate surface area is 156 Å². The molecule has 0 aromatic heterocycles. The summed E-state index contributed by atoms with van der Waals surface area (Å²) in [6.45, 7) is 8.97. The molecule has 0 radical (unpaired) electrons. The molecule has 2 heterocycles. The number of nitrogens with zero attached hydrogens (tertiary/aromatic N) is 1. The zero-order valence-corrected chi connectivity index (χ0v) is 16.1. The Morgan fingerprint density at radius 3 is 2.76 bits per heavy atom. The number of hydrogen-bond donors (Lipinski definition) is 1. The third kappa shape index (κ3) is 3.07. The standard InChI is InChI=1S/C22H27ClN2/c1-4-25-14-16(12-15-8-5-6-11-20(15)25)21-17-9-7-10-19(23)18(17)13-22(2,3)24-21/h5-11,16,21,24H,4,12-14H2,1-3H3. The van der Waals surface area contributed by atoms with Crippen molar-refractivity contribution in [2.75, 3.05) is 18.0 Å². The molecule has 2 aliphatic heterocycles. The van der Waals surface area contributed by atoms with Crippen molar-refractivity contribution in [2.45, 2.75) is 45.2 Å². The zero-order chi connectivity index (χ0) is 17.6. The van der Waals surface area contributed by atoms with Gasteiger partial charge in [0.15, 0.2) is 0 Å². The summed E-state index contributed by atoms with van der Waals surface area (Å²) in [5.74, 6) is 0.548. The maximum Gasteiger partial charge on any atom is 0.0442 e. The van der Waals surface area contributed by atoms with Crippen LogP contribution in [0.2, 0.25) is 5.02 Å². The second-order valence-corrected chi connectivity index (χ2v) is 8.53. The van der Waals surface area contributed by atoms with Crippen LogP contribution in [0.4, 0.5) is 5.69 Å². The van der Waals surface area contributed by atoms with Gasteiger partial charge in [0.2, 0.25) is 0 Å². The van der Waals surface area contributed by atoms with Gasteiger partial charge in [0.05, 0.1) is 0 Å². The molecule has 0 aliphatic carbocycles. The molecule has 0 fully saturated rings.